The Balaban J connectivity index is 1.66. The molecule has 0 saturated heterocycles. The molecule has 0 bridgehead atoms. The maximum Gasteiger partial charge on any atom is 0.227 e. The van der Waals surface area contributed by atoms with E-state index in [9.17, 15) is 4.79 Å². The van der Waals surface area contributed by atoms with Crippen molar-refractivity contribution in [1.82, 2.24) is 30.1 Å². The van der Waals surface area contributed by atoms with Gasteiger partial charge in [-0.15, -0.1) is 5.10 Å². The molecule has 134 valence electrons. The molecule has 0 saturated carbocycles. The van der Waals surface area contributed by atoms with E-state index in [0.717, 1.165) is 16.8 Å². The molecule has 0 unspecified atom stereocenters. The van der Waals surface area contributed by atoms with Crippen LogP contribution in [0.3, 0.4) is 0 Å². The highest BCUT2D eigenvalue weighted by Gasteiger charge is 2.14. The topological polar surface area (TPSA) is 86.0 Å². The summed E-state index contributed by atoms with van der Waals surface area (Å²) in [6, 6.07) is 11.4. The lowest BCUT2D eigenvalue weighted by atomic mass is 10.1. The quantitative estimate of drug-likeness (QED) is 0.607. The van der Waals surface area contributed by atoms with E-state index in [-0.39, 0.29) is 5.91 Å². The van der Waals surface area contributed by atoms with Crippen LogP contribution in [0.2, 0.25) is 0 Å². The smallest absolute Gasteiger partial charge is 0.227 e. The van der Waals surface area contributed by atoms with Crippen molar-refractivity contribution in [2.24, 2.45) is 0 Å². The van der Waals surface area contributed by atoms with Gasteiger partial charge in [-0.2, -0.15) is 0 Å². The summed E-state index contributed by atoms with van der Waals surface area (Å²) in [5, 5.41) is 11.1. The van der Waals surface area contributed by atoms with Crippen LogP contribution in [0.5, 0.6) is 0 Å². The molecule has 0 atom stereocenters. The van der Waals surface area contributed by atoms with Gasteiger partial charge in [0, 0.05) is 32.6 Å². The number of nitrogens with zero attached hydrogens (tertiary/aromatic N) is 6. The third kappa shape index (κ3) is 4.70. The zero-order valence-electron chi connectivity index (χ0n) is 14.5. The van der Waals surface area contributed by atoms with Gasteiger partial charge in [0.15, 0.2) is 0 Å². The van der Waals surface area contributed by atoms with Crippen molar-refractivity contribution in [1.29, 1.82) is 0 Å². The van der Waals surface area contributed by atoms with Crippen LogP contribution in [0.4, 0.5) is 0 Å². The Hall–Kier alpha value is -3.13. The number of pyridine rings is 1. The first-order valence-electron chi connectivity index (χ1n) is 8.24. The summed E-state index contributed by atoms with van der Waals surface area (Å²) in [5.74, 6) is 0.0500. The number of carbonyl (C=O) groups is 1. The normalized spacial score (nSPS) is 10.7. The molecule has 1 aromatic carbocycles. The predicted octanol–water partition coefficient (Wildman–Crippen LogP) is 1.27. The second-order valence-corrected chi connectivity index (χ2v) is 5.76. The third-order valence-corrected chi connectivity index (χ3v) is 3.95. The Morgan fingerprint density at radius 3 is 2.54 bits per heavy atom. The first-order valence-corrected chi connectivity index (χ1v) is 8.24. The number of carbonyl (C=O) groups excluding carboxylic acids is 1. The van der Waals surface area contributed by atoms with Crippen LogP contribution >= 0.6 is 0 Å². The second-order valence-electron chi connectivity index (χ2n) is 5.76. The van der Waals surface area contributed by atoms with Crippen molar-refractivity contribution in [3.05, 3.63) is 66.2 Å². The monoisotopic (exact) mass is 352 g/mol. The predicted molar refractivity (Wildman–Crippen MR) is 94.4 cm³/mol. The lowest BCUT2D eigenvalue weighted by Crippen LogP contribution is -2.34. The Morgan fingerprint density at radius 1 is 1.12 bits per heavy atom. The van der Waals surface area contributed by atoms with E-state index < -0.39 is 0 Å². The summed E-state index contributed by atoms with van der Waals surface area (Å²) in [6.45, 7) is 1.57. The summed E-state index contributed by atoms with van der Waals surface area (Å²) in [6.07, 6.45) is 5.31. The van der Waals surface area contributed by atoms with E-state index in [1.54, 1.807) is 29.1 Å². The molecule has 2 heterocycles. The van der Waals surface area contributed by atoms with Crippen LogP contribution < -0.4 is 0 Å². The molecule has 0 aliphatic carbocycles. The Labute approximate surface area is 151 Å². The Morgan fingerprint density at radius 2 is 1.88 bits per heavy atom. The average molecular weight is 352 g/mol. The molecular formula is C18H20N6O2. The third-order valence-electron chi connectivity index (χ3n) is 3.95. The fourth-order valence-electron chi connectivity index (χ4n) is 2.53. The van der Waals surface area contributed by atoms with E-state index in [0.29, 0.717) is 26.1 Å². The van der Waals surface area contributed by atoms with Gasteiger partial charge < -0.3 is 9.64 Å². The van der Waals surface area contributed by atoms with Crippen molar-refractivity contribution < 1.29 is 9.53 Å². The van der Waals surface area contributed by atoms with E-state index in [4.69, 9.17) is 4.74 Å². The number of ether oxygens (including phenoxy) is 1. The maximum absolute atomic E-state index is 12.8. The van der Waals surface area contributed by atoms with E-state index in [2.05, 4.69) is 20.5 Å². The zero-order chi connectivity index (χ0) is 18.2. The molecule has 8 nitrogen and oxygen atoms in total. The summed E-state index contributed by atoms with van der Waals surface area (Å²) < 4.78 is 6.71. The summed E-state index contributed by atoms with van der Waals surface area (Å²) in [5.41, 5.74) is 2.82. The van der Waals surface area contributed by atoms with Crippen LogP contribution in [-0.4, -0.2) is 56.3 Å². The van der Waals surface area contributed by atoms with Gasteiger partial charge in [0.1, 0.15) is 6.33 Å². The Kier molecular flexibility index (Phi) is 6.00. The first-order chi connectivity index (χ1) is 12.8. The minimum Gasteiger partial charge on any atom is -0.383 e. The molecule has 3 aromatic rings. The van der Waals surface area contributed by atoms with E-state index >= 15 is 0 Å². The molecule has 8 heteroatoms. The number of aromatic nitrogens is 5. The molecule has 0 radical (unpaired) electrons. The molecular weight excluding hydrogens is 332 g/mol. The fourth-order valence-corrected chi connectivity index (χ4v) is 2.53. The molecule has 0 N–H and O–H groups in total. The van der Waals surface area contributed by atoms with Crippen LogP contribution in [0.15, 0.2) is 55.1 Å². The number of hydrogen-bond donors (Lipinski definition) is 0. The van der Waals surface area contributed by atoms with Crippen LogP contribution in [0, 0.1) is 0 Å². The highest BCUT2D eigenvalue weighted by atomic mass is 16.5. The molecule has 1 amide bonds. The van der Waals surface area contributed by atoms with Gasteiger partial charge in [0.05, 0.1) is 18.7 Å². The maximum atomic E-state index is 12.8. The highest BCUT2D eigenvalue weighted by molar-refractivity contribution is 5.78. The molecule has 2 aromatic heterocycles. The SMILES string of the molecule is COCCN(Cc1ccncc1)C(=O)Cc1ccc(-n2cnnn2)cc1. The van der Waals surface area contributed by atoms with Crippen molar-refractivity contribution in [3.63, 3.8) is 0 Å². The van der Waals surface area contributed by atoms with E-state index in [1.807, 2.05) is 36.4 Å². The van der Waals surface area contributed by atoms with Gasteiger partial charge in [0.25, 0.3) is 0 Å². The van der Waals surface area contributed by atoms with Crippen LogP contribution in [0.1, 0.15) is 11.1 Å². The van der Waals surface area contributed by atoms with Gasteiger partial charge in [-0.3, -0.25) is 9.78 Å². The van der Waals surface area contributed by atoms with E-state index in [1.165, 1.54) is 6.33 Å². The van der Waals surface area contributed by atoms with Crippen LogP contribution in [-0.2, 0) is 22.5 Å². The molecule has 0 aliphatic heterocycles. The minimum atomic E-state index is 0.0500. The average Bonchev–Trinajstić information content (AvgIpc) is 3.21. The van der Waals surface area contributed by atoms with Gasteiger partial charge in [-0.05, 0) is 45.8 Å². The summed E-state index contributed by atoms with van der Waals surface area (Å²) in [7, 11) is 1.63. The molecule has 0 aliphatic rings. The van der Waals surface area contributed by atoms with Crippen molar-refractivity contribution in [3.8, 4) is 5.69 Å². The number of benzene rings is 1. The zero-order valence-corrected chi connectivity index (χ0v) is 14.5. The highest BCUT2D eigenvalue weighted by Crippen LogP contribution is 2.11. The number of rotatable bonds is 8. The molecule has 0 fully saturated rings. The first kappa shape index (κ1) is 17.7. The van der Waals surface area contributed by atoms with Gasteiger partial charge in [-0.25, -0.2) is 4.68 Å². The largest absolute Gasteiger partial charge is 0.383 e. The number of hydrogen-bond acceptors (Lipinski definition) is 6. The molecule has 0 spiro atoms. The number of tetrazole rings is 1. The molecule has 3 rings (SSSR count). The summed E-state index contributed by atoms with van der Waals surface area (Å²) >= 11 is 0. The van der Waals surface area contributed by atoms with Crippen molar-refractivity contribution in [2.75, 3.05) is 20.3 Å². The number of amides is 1. The van der Waals surface area contributed by atoms with Crippen molar-refractivity contribution >= 4 is 5.91 Å². The van der Waals surface area contributed by atoms with Gasteiger partial charge in [-0.1, -0.05) is 12.1 Å². The lowest BCUT2D eigenvalue weighted by molar-refractivity contribution is -0.131. The standard InChI is InChI=1S/C18H20N6O2/c1-26-11-10-23(13-16-6-8-19-9-7-16)18(25)12-15-2-4-17(5-3-15)24-14-20-21-22-24/h2-9,14H,10-13H2,1H3. The molecule has 26 heavy (non-hydrogen) atoms. The second kappa shape index (κ2) is 8.82. The Bertz CT molecular complexity index is 805. The summed E-state index contributed by atoms with van der Waals surface area (Å²) in [4.78, 5) is 18.6. The van der Waals surface area contributed by atoms with Crippen molar-refractivity contribution in [2.45, 2.75) is 13.0 Å². The van der Waals surface area contributed by atoms with Gasteiger partial charge in [0.2, 0.25) is 5.91 Å². The lowest BCUT2D eigenvalue weighted by Gasteiger charge is -2.22. The minimum absolute atomic E-state index is 0.0500. The number of methoxy groups -OCH3 is 1. The fraction of sp³-hybridized carbons (Fsp3) is 0.278. The van der Waals surface area contributed by atoms with Gasteiger partial charge >= 0.3 is 0 Å². The van der Waals surface area contributed by atoms with Crippen LogP contribution in [0.25, 0.3) is 5.69 Å².